The van der Waals surface area contributed by atoms with Crippen molar-refractivity contribution in [2.24, 2.45) is 0 Å². The maximum Gasteiger partial charge on any atom is 0.143 e. The van der Waals surface area contributed by atoms with Gasteiger partial charge in [-0.3, -0.25) is 0 Å². The Kier molecular flexibility index (Phi) is 9.53. The molecule has 14 rings (SSSR count). The molecule has 3 nitrogen and oxygen atoms in total. The second-order valence-corrected chi connectivity index (χ2v) is 18.4. The van der Waals surface area contributed by atoms with Gasteiger partial charge < -0.3 is 13.7 Å². The first-order valence-corrected chi connectivity index (χ1v) is 24.2. The molecule has 2 heterocycles. The summed E-state index contributed by atoms with van der Waals surface area (Å²) in [6, 6.07) is 93.8. The maximum absolute atomic E-state index is 6.48. The molecule has 0 spiro atoms. The van der Waals surface area contributed by atoms with Crippen LogP contribution in [0.2, 0.25) is 0 Å². The number of hydrogen-bond donors (Lipinski definition) is 0. The Bertz CT molecular complexity index is 4060. The molecule has 12 aromatic carbocycles. The van der Waals surface area contributed by atoms with Crippen molar-refractivity contribution < 1.29 is 8.83 Å². The largest absolute Gasteiger partial charge is 0.455 e. The molecule has 0 N–H and O–H groups in total. The minimum absolute atomic E-state index is 0.895. The molecule has 0 atom stereocenters. The fraction of sp³-hybridized carbons (Fsp3) is 0. The van der Waals surface area contributed by atoms with E-state index in [4.69, 9.17) is 8.83 Å². The van der Waals surface area contributed by atoms with Crippen LogP contribution >= 0.6 is 0 Å². The first kappa shape index (κ1) is 40.6. The third kappa shape index (κ3) is 6.97. The van der Waals surface area contributed by atoms with Crippen LogP contribution in [0.25, 0.3) is 121 Å². The van der Waals surface area contributed by atoms with Gasteiger partial charge in [0.15, 0.2) is 0 Å². The number of benzene rings is 12. The quantitative estimate of drug-likeness (QED) is 0.152. The van der Waals surface area contributed by atoms with E-state index >= 15 is 0 Å². The molecular formula is C68H43NO2. The van der Waals surface area contributed by atoms with Crippen molar-refractivity contribution in [2.75, 3.05) is 4.90 Å². The molecule has 2 aromatic heterocycles. The highest BCUT2D eigenvalue weighted by Gasteiger charge is 2.19. The van der Waals surface area contributed by atoms with Crippen molar-refractivity contribution in [3.05, 3.63) is 261 Å². The smallest absolute Gasteiger partial charge is 0.143 e. The molecule has 0 bridgehead atoms. The predicted molar refractivity (Wildman–Crippen MR) is 298 cm³/mol. The Balaban J connectivity index is 0.888. The summed E-state index contributed by atoms with van der Waals surface area (Å²) in [5.74, 6) is 0. The van der Waals surface area contributed by atoms with Crippen LogP contribution in [0.15, 0.2) is 270 Å². The van der Waals surface area contributed by atoms with E-state index in [0.29, 0.717) is 0 Å². The highest BCUT2D eigenvalue weighted by Crippen LogP contribution is 2.43. The van der Waals surface area contributed by atoms with Crippen molar-refractivity contribution in [3.8, 4) is 55.6 Å². The first-order chi connectivity index (χ1) is 35.2. The number of fused-ring (bicyclic) bond motifs is 8. The van der Waals surface area contributed by atoms with E-state index in [9.17, 15) is 0 Å². The van der Waals surface area contributed by atoms with Crippen LogP contribution < -0.4 is 4.90 Å². The molecule has 332 valence electrons. The monoisotopic (exact) mass is 905 g/mol. The summed E-state index contributed by atoms with van der Waals surface area (Å²) in [6.45, 7) is 0. The second kappa shape index (κ2) is 16.7. The van der Waals surface area contributed by atoms with Crippen molar-refractivity contribution in [1.82, 2.24) is 0 Å². The summed E-state index contributed by atoms with van der Waals surface area (Å²) in [7, 11) is 0. The van der Waals surface area contributed by atoms with Crippen LogP contribution in [0.1, 0.15) is 0 Å². The van der Waals surface area contributed by atoms with Crippen molar-refractivity contribution in [2.45, 2.75) is 0 Å². The van der Waals surface area contributed by atoms with E-state index in [-0.39, 0.29) is 0 Å². The standard InChI is InChI=1S/C68H43NO2/c1-3-17-55-45(13-1)15-9-21-57(55)50-41-49(42-51(43-50)58-22-10-16-46-14-2-4-18-56(46)58)44-29-35-52(36-30-44)69(53-37-31-47(32-38-53)59-23-11-25-63-61-19-5-7-27-65(61)70-67(59)63)54-39-33-48(34-40-54)60-24-12-26-64-62-20-6-8-28-66(62)71-68(60)64/h1-43H. The predicted octanol–water partition coefficient (Wildman–Crippen LogP) is 19.6. The van der Waals surface area contributed by atoms with Crippen LogP contribution in [0.4, 0.5) is 17.1 Å². The van der Waals surface area contributed by atoms with Gasteiger partial charge >= 0.3 is 0 Å². The zero-order valence-corrected chi connectivity index (χ0v) is 38.6. The molecule has 0 saturated heterocycles. The molecule has 0 fully saturated rings. The summed E-state index contributed by atoms with van der Waals surface area (Å²) >= 11 is 0. The Hall–Kier alpha value is -9.44. The zero-order chi connectivity index (χ0) is 46.8. The lowest BCUT2D eigenvalue weighted by Gasteiger charge is -2.26. The van der Waals surface area contributed by atoms with E-state index in [0.717, 1.165) is 94.3 Å². The highest BCUT2D eigenvalue weighted by atomic mass is 16.3. The van der Waals surface area contributed by atoms with Crippen LogP contribution in [0, 0.1) is 0 Å². The van der Waals surface area contributed by atoms with Crippen molar-refractivity contribution >= 4 is 82.5 Å². The van der Waals surface area contributed by atoms with E-state index < -0.39 is 0 Å². The van der Waals surface area contributed by atoms with Gasteiger partial charge in [-0.15, -0.1) is 0 Å². The van der Waals surface area contributed by atoms with Crippen molar-refractivity contribution in [3.63, 3.8) is 0 Å². The summed E-state index contributed by atoms with van der Waals surface area (Å²) < 4.78 is 13.0. The number of anilines is 3. The van der Waals surface area contributed by atoms with Gasteiger partial charge in [0.25, 0.3) is 0 Å². The SMILES string of the molecule is c1ccc2c(-c3cc(-c4ccc(N(c5ccc(-c6cccc7c6oc6ccccc67)cc5)c5ccc(-c6cccc7c6oc6ccccc67)cc5)cc4)cc(-c4cccc5ccccc45)c3)cccc2c1. The fourth-order valence-corrected chi connectivity index (χ4v) is 10.8. The van der Waals surface area contributed by atoms with E-state index in [1.165, 1.54) is 43.8 Å². The average molecular weight is 906 g/mol. The summed E-state index contributed by atoms with van der Waals surface area (Å²) in [5.41, 5.74) is 18.1. The van der Waals surface area contributed by atoms with Gasteiger partial charge in [-0.2, -0.15) is 0 Å². The number of hydrogen-bond acceptors (Lipinski definition) is 3. The zero-order valence-electron chi connectivity index (χ0n) is 38.6. The molecular weight excluding hydrogens is 863 g/mol. The average Bonchev–Trinajstić information content (AvgIpc) is 4.02. The third-order valence-electron chi connectivity index (χ3n) is 14.3. The van der Waals surface area contributed by atoms with Gasteiger partial charge in [0.1, 0.15) is 22.3 Å². The minimum Gasteiger partial charge on any atom is -0.455 e. The topological polar surface area (TPSA) is 29.5 Å². The van der Waals surface area contributed by atoms with Gasteiger partial charge in [-0.05, 0) is 133 Å². The molecule has 0 aliphatic rings. The Labute approximate surface area is 410 Å². The van der Waals surface area contributed by atoms with E-state index in [1.807, 2.05) is 24.3 Å². The third-order valence-corrected chi connectivity index (χ3v) is 14.3. The maximum atomic E-state index is 6.48. The normalized spacial score (nSPS) is 11.7. The summed E-state index contributed by atoms with van der Waals surface area (Å²) in [6.07, 6.45) is 0. The molecule has 0 amide bonds. The lowest BCUT2D eigenvalue weighted by molar-refractivity contribution is 0.669. The van der Waals surface area contributed by atoms with Crippen LogP contribution in [0.5, 0.6) is 0 Å². The molecule has 0 saturated carbocycles. The Morgan fingerprint density at radius 2 is 0.563 bits per heavy atom. The van der Waals surface area contributed by atoms with Gasteiger partial charge in [-0.1, -0.05) is 194 Å². The van der Waals surface area contributed by atoms with E-state index in [1.54, 1.807) is 0 Å². The number of para-hydroxylation sites is 4. The van der Waals surface area contributed by atoms with Gasteiger partial charge in [0.05, 0.1) is 0 Å². The van der Waals surface area contributed by atoms with Gasteiger partial charge in [-0.25, -0.2) is 0 Å². The molecule has 3 heteroatoms. The molecule has 71 heavy (non-hydrogen) atoms. The number of rotatable bonds is 8. The molecule has 0 radical (unpaired) electrons. The van der Waals surface area contributed by atoms with Gasteiger partial charge in [0.2, 0.25) is 0 Å². The molecule has 14 aromatic rings. The lowest BCUT2D eigenvalue weighted by Crippen LogP contribution is -2.09. The van der Waals surface area contributed by atoms with Gasteiger partial charge in [0, 0.05) is 49.7 Å². The fourth-order valence-electron chi connectivity index (χ4n) is 10.8. The van der Waals surface area contributed by atoms with Crippen LogP contribution in [0.3, 0.4) is 0 Å². The van der Waals surface area contributed by atoms with E-state index in [2.05, 4.69) is 241 Å². The summed E-state index contributed by atoms with van der Waals surface area (Å²) in [5, 5.41) is 9.42. The minimum atomic E-state index is 0.895. The van der Waals surface area contributed by atoms with Crippen LogP contribution in [-0.4, -0.2) is 0 Å². The Morgan fingerprint density at radius 1 is 0.225 bits per heavy atom. The highest BCUT2D eigenvalue weighted by molar-refractivity contribution is 6.11. The first-order valence-electron chi connectivity index (χ1n) is 24.2. The summed E-state index contributed by atoms with van der Waals surface area (Å²) in [4.78, 5) is 2.34. The number of nitrogens with zero attached hydrogens (tertiary/aromatic N) is 1. The van der Waals surface area contributed by atoms with Crippen molar-refractivity contribution in [1.29, 1.82) is 0 Å². The van der Waals surface area contributed by atoms with Crippen LogP contribution in [-0.2, 0) is 0 Å². The molecule has 0 aliphatic heterocycles. The molecule has 0 unspecified atom stereocenters. The lowest BCUT2D eigenvalue weighted by atomic mass is 9.90. The number of furan rings is 2. The Morgan fingerprint density at radius 3 is 1.03 bits per heavy atom. The second-order valence-electron chi connectivity index (χ2n) is 18.4. The molecule has 0 aliphatic carbocycles.